The summed E-state index contributed by atoms with van der Waals surface area (Å²) < 4.78 is 5.33. The Balaban J connectivity index is 1.86. The molecule has 0 spiro atoms. The molecule has 0 aliphatic heterocycles. The first-order valence-corrected chi connectivity index (χ1v) is 9.00. The van der Waals surface area contributed by atoms with Crippen LogP contribution in [-0.4, -0.2) is 28.2 Å². The normalized spacial score (nSPS) is 11.0. The van der Waals surface area contributed by atoms with Crippen LogP contribution in [0.25, 0.3) is 22.2 Å². The number of thiophene rings is 1. The number of methoxy groups -OCH3 is 1. The van der Waals surface area contributed by atoms with Gasteiger partial charge in [0.15, 0.2) is 0 Å². The molecule has 26 heavy (non-hydrogen) atoms. The number of carboxylic acid groups (broad SMARTS) is 1. The molecule has 0 bridgehead atoms. The van der Waals surface area contributed by atoms with Crippen LogP contribution in [0.5, 0.6) is 5.75 Å². The molecule has 0 aliphatic carbocycles. The summed E-state index contributed by atoms with van der Waals surface area (Å²) in [5.41, 5.74) is 4.98. The lowest BCUT2D eigenvalue weighted by molar-refractivity contribution is 0.0690. The van der Waals surface area contributed by atoms with Gasteiger partial charge in [-0.15, -0.1) is 0 Å². The number of hydrogen-bond acceptors (Lipinski definition) is 4. The van der Waals surface area contributed by atoms with Crippen molar-refractivity contribution in [3.63, 3.8) is 0 Å². The third-order valence-corrected chi connectivity index (χ3v) is 4.99. The Morgan fingerprint density at radius 3 is 2.88 bits per heavy atom. The van der Waals surface area contributed by atoms with Crippen LogP contribution in [0.4, 0.5) is 0 Å². The summed E-state index contributed by atoms with van der Waals surface area (Å²) in [5, 5.41) is 14.4. The van der Waals surface area contributed by atoms with E-state index in [4.69, 9.17) is 4.74 Å². The van der Waals surface area contributed by atoms with Gasteiger partial charge in [0, 0.05) is 40.0 Å². The van der Waals surface area contributed by atoms with Crippen LogP contribution in [0.1, 0.15) is 21.7 Å². The molecule has 0 radical (unpaired) electrons. The molecule has 3 aromatic heterocycles. The first-order chi connectivity index (χ1) is 12.7. The summed E-state index contributed by atoms with van der Waals surface area (Å²) in [7, 11) is 1.64. The number of ether oxygens (including phenoxy) is 1. The summed E-state index contributed by atoms with van der Waals surface area (Å²) in [6.07, 6.45) is 0.540. The Bertz CT molecular complexity index is 1080. The fraction of sp³-hybridized carbons (Fsp3) is 0.100. The van der Waals surface area contributed by atoms with Gasteiger partial charge in [-0.3, -0.25) is 0 Å². The smallest absolute Gasteiger partial charge is 0.354 e. The van der Waals surface area contributed by atoms with Crippen molar-refractivity contribution in [2.75, 3.05) is 7.11 Å². The first-order valence-electron chi connectivity index (χ1n) is 8.06. The fourth-order valence-corrected chi connectivity index (χ4v) is 3.72. The topological polar surface area (TPSA) is 75.2 Å². The van der Waals surface area contributed by atoms with Crippen molar-refractivity contribution in [3.8, 4) is 17.0 Å². The van der Waals surface area contributed by atoms with Crippen LogP contribution in [0.3, 0.4) is 0 Å². The highest BCUT2D eigenvalue weighted by molar-refractivity contribution is 7.08. The maximum atomic E-state index is 11.2. The van der Waals surface area contributed by atoms with Crippen LogP contribution in [0.2, 0.25) is 0 Å². The van der Waals surface area contributed by atoms with E-state index in [2.05, 4.69) is 21.4 Å². The molecule has 1 aromatic carbocycles. The van der Waals surface area contributed by atoms with Crippen molar-refractivity contribution in [2.24, 2.45) is 0 Å². The van der Waals surface area contributed by atoms with Gasteiger partial charge in [0.1, 0.15) is 11.4 Å². The number of aromatic nitrogens is 2. The van der Waals surface area contributed by atoms with Crippen LogP contribution in [-0.2, 0) is 6.42 Å². The number of rotatable bonds is 5. The van der Waals surface area contributed by atoms with E-state index in [1.54, 1.807) is 24.5 Å². The third-order valence-electron chi connectivity index (χ3n) is 4.31. The second kappa shape index (κ2) is 6.65. The number of H-pyrrole nitrogens is 1. The molecule has 0 atom stereocenters. The van der Waals surface area contributed by atoms with Gasteiger partial charge in [0.05, 0.1) is 12.8 Å². The van der Waals surface area contributed by atoms with Gasteiger partial charge in [0.25, 0.3) is 0 Å². The van der Waals surface area contributed by atoms with Crippen molar-refractivity contribution in [1.29, 1.82) is 0 Å². The average Bonchev–Trinajstić information content (AvgIpc) is 3.29. The minimum absolute atomic E-state index is 0.0566. The second-order valence-corrected chi connectivity index (χ2v) is 6.68. The number of nitrogens with zero attached hydrogens (tertiary/aromatic N) is 1. The molecule has 6 heteroatoms. The van der Waals surface area contributed by atoms with Gasteiger partial charge in [-0.25, -0.2) is 9.78 Å². The maximum absolute atomic E-state index is 11.2. The zero-order valence-electron chi connectivity index (χ0n) is 14.0. The van der Waals surface area contributed by atoms with Crippen LogP contribution in [0, 0.1) is 0 Å². The SMILES string of the molecule is COc1ccc2c(Cc3cccc(C(=O)O)n3)c(-c3ccsc3)[nH]c2c1. The molecule has 4 aromatic rings. The van der Waals surface area contributed by atoms with Crippen molar-refractivity contribution < 1.29 is 14.6 Å². The van der Waals surface area contributed by atoms with E-state index < -0.39 is 5.97 Å². The largest absolute Gasteiger partial charge is 0.497 e. The van der Waals surface area contributed by atoms with Crippen molar-refractivity contribution in [3.05, 3.63) is 70.2 Å². The molecule has 130 valence electrons. The molecule has 0 fully saturated rings. The molecular formula is C20H16N2O3S. The van der Waals surface area contributed by atoms with Crippen molar-refractivity contribution in [2.45, 2.75) is 6.42 Å². The summed E-state index contributed by atoms with van der Waals surface area (Å²) in [5.74, 6) is -0.235. The molecule has 0 aliphatic rings. The molecule has 2 N–H and O–H groups in total. The molecular weight excluding hydrogens is 348 g/mol. The average molecular weight is 364 g/mol. The number of aromatic carboxylic acids is 1. The van der Waals surface area contributed by atoms with Crippen LogP contribution in [0.15, 0.2) is 53.2 Å². The number of fused-ring (bicyclic) bond motifs is 1. The number of hydrogen-bond donors (Lipinski definition) is 2. The zero-order valence-corrected chi connectivity index (χ0v) is 14.8. The number of nitrogens with one attached hydrogen (secondary N) is 1. The standard InChI is InChI=1S/C20H16N2O3S/c1-25-14-5-6-15-16(9-13-3-2-4-17(21-13)20(23)24)19(22-18(15)10-14)12-7-8-26-11-12/h2-8,10-11,22H,9H2,1H3,(H,23,24). The highest BCUT2D eigenvalue weighted by Gasteiger charge is 2.16. The van der Waals surface area contributed by atoms with E-state index in [1.807, 2.05) is 29.6 Å². The summed E-state index contributed by atoms with van der Waals surface area (Å²) >= 11 is 1.64. The van der Waals surface area contributed by atoms with Gasteiger partial charge >= 0.3 is 5.97 Å². The van der Waals surface area contributed by atoms with Gasteiger partial charge in [-0.05, 0) is 41.3 Å². The number of aromatic amines is 1. The van der Waals surface area contributed by atoms with E-state index in [0.717, 1.165) is 39.2 Å². The monoisotopic (exact) mass is 364 g/mol. The molecule has 0 unspecified atom stereocenters. The predicted molar refractivity (Wildman–Crippen MR) is 102 cm³/mol. The Kier molecular flexibility index (Phi) is 4.18. The molecule has 5 nitrogen and oxygen atoms in total. The second-order valence-electron chi connectivity index (χ2n) is 5.90. The summed E-state index contributed by atoms with van der Waals surface area (Å²) in [4.78, 5) is 19.0. The minimum atomic E-state index is -1.02. The van der Waals surface area contributed by atoms with Gasteiger partial charge in [-0.2, -0.15) is 11.3 Å². The highest BCUT2D eigenvalue weighted by atomic mass is 32.1. The molecule has 4 rings (SSSR count). The minimum Gasteiger partial charge on any atom is -0.497 e. The third kappa shape index (κ3) is 2.95. The van der Waals surface area contributed by atoms with E-state index >= 15 is 0 Å². The Labute approximate surface area is 153 Å². The van der Waals surface area contributed by atoms with E-state index in [1.165, 1.54) is 6.07 Å². The molecule has 3 heterocycles. The zero-order chi connectivity index (χ0) is 18.1. The van der Waals surface area contributed by atoms with E-state index in [0.29, 0.717) is 6.42 Å². The van der Waals surface area contributed by atoms with Crippen molar-refractivity contribution >= 4 is 28.2 Å². The highest BCUT2D eigenvalue weighted by Crippen LogP contribution is 2.34. The lowest BCUT2D eigenvalue weighted by Gasteiger charge is -2.05. The van der Waals surface area contributed by atoms with Crippen molar-refractivity contribution in [1.82, 2.24) is 9.97 Å². The Morgan fingerprint density at radius 1 is 1.27 bits per heavy atom. The van der Waals surface area contributed by atoms with Gasteiger partial charge in [0.2, 0.25) is 0 Å². The number of pyridine rings is 1. The Hall–Kier alpha value is -3.12. The van der Waals surface area contributed by atoms with E-state index in [-0.39, 0.29) is 5.69 Å². The summed E-state index contributed by atoms with van der Waals surface area (Å²) in [6, 6.07) is 13.1. The predicted octanol–water partition coefficient (Wildman–Crippen LogP) is 4.59. The van der Waals surface area contributed by atoms with E-state index in [9.17, 15) is 9.90 Å². The lowest BCUT2D eigenvalue weighted by Crippen LogP contribution is -2.03. The molecule has 0 saturated heterocycles. The quantitative estimate of drug-likeness (QED) is 0.543. The number of benzene rings is 1. The summed E-state index contributed by atoms with van der Waals surface area (Å²) in [6.45, 7) is 0. The van der Waals surface area contributed by atoms with Crippen LogP contribution < -0.4 is 4.74 Å². The fourth-order valence-electron chi connectivity index (χ4n) is 3.08. The van der Waals surface area contributed by atoms with Crippen LogP contribution >= 0.6 is 11.3 Å². The molecule has 0 saturated carbocycles. The van der Waals surface area contributed by atoms with Gasteiger partial charge < -0.3 is 14.8 Å². The Morgan fingerprint density at radius 2 is 2.15 bits per heavy atom. The lowest BCUT2D eigenvalue weighted by atomic mass is 10.0. The number of carboxylic acids is 1. The number of carbonyl (C=O) groups is 1. The maximum Gasteiger partial charge on any atom is 0.354 e. The molecule has 0 amide bonds. The first kappa shape index (κ1) is 16.4. The van der Waals surface area contributed by atoms with Gasteiger partial charge in [-0.1, -0.05) is 6.07 Å².